The third kappa shape index (κ3) is 6.91. The molecule has 0 heterocycles. The molecule has 0 aliphatic rings. The Bertz CT molecular complexity index is 107. The van der Waals surface area contributed by atoms with E-state index < -0.39 is 12.1 Å². The quantitative estimate of drug-likeness (QED) is 0.355. The highest BCUT2D eigenvalue weighted by Crippen LogP contribution is 1.84. The number of aliphatic hydroxyl groups is 1. The Morgan fingerprint density at radius 1 is 1.70 bits per heavy atom. The summed E-state index contributed by atoms with van der Waals surface area (Å²) in [6.45, 7) is 10.5. The second kappa shape index (κ2) is 7.91. The maximum absolute atomic E-state index is 10.2. The summed E-state index contributed by atoms with van der Waals surface area (Å²) in [6.07, 6.45) is -0.0808. The van der Waals surface area contributed by atoms with Gasteiger partial charge in [-0.15, -0.1) is 13.2 Å². The van der Waals surface area contributed by atoms with Gasteiger partial charge in [0.25, 0.3) is 0 Å². The largest absolute Gasteiger partial charge is 0.433 e. The lowest BCUT2D eigenvalue weighted by Crippen LogP contribution is -2.16. The number of hydrogen-bond acceptors (Lipinski definition) is 3. The van der Waals surface area contributed by atoms with Crippen molar-refractivity contribution < 1.29 is 14.6 Å². The van der Waals surface area contributed by atoms with E-state index in [1.54, 1.807) is 0 Å². The summed E-state index contributed by atoms with van der Waals surface area (Å²) in [5.41, 5.74) is 0. The van der Waals surface area contributed by atoms with Crippen molar-refractivity contribution in [2.75, 3.05) is 0 Å². The van der Waals surface area contributed by atoms with E-state index in [2.05, 4.69) is 24.5 Å². The fraction of sp³-hybridized carbons (Fsp3) is 0.286. The second-order valence-corrected chi connectivity index (χ2v) is 1.28. The standard InChI is InChI=1S/C5H8O3.C2H4/c1-3-8-5(7)4(2)6;1-2/h3-4,6H,1H2,2H3;1-2H2. The first-order valence-corrected chi connectivity index (χ1v) is 2.68. The summed E-state index contributed by atoms with van der Waals surface area (Å²) >= 11 is 0. The van der Waals surface area contributed by atoms with E-state index in [4.69, 9.17) is 5.11 Å². The lowest BCUT2D eigenvalue weighted by Gasteiger charge is -1.98. The van der Waals surface area contributed by atoms with Gasteiger partial charge in [0, 0.05) is 0 Å². The normalized spacial score (nSPS) is 10.2. The van der Waals surface area contributed by atoms with Gasteiger partial charge in [0.05, 0.1) is 6.26 Å². The highest BCUT2D eigenvalue weighted by Gasteiger charge is 2.06. The van der Waals surface area contributed by atoms with Gasteiger partial charge in [-0.3, -0.25) is 0 Å². The van der Waals surface area contributed by atoms with Gasteiger partial charge in [0.1, 0.15) is 6.10 Å². The number of rotatable bonds is 2. The highest BCUT2D eigenvalue weighted by atomic mass is 16.5. The topological polar surface area (TPSA) is 46.5 Å². The summed E-state index contributed by atoms with van der Waals surface area (Å²) in [5, 5.41) is 8.43. The van der Waals surface area contributed by atoms with Crippen LogP contribution in [-0.2, 0) is 9.53 Å². The number of aliphatic hydroxyl groups excluding tert-OH is 1. The average molecular weight is 144 g/mol. The van der Waals surface area contributed by atoms with Crippen molar-refractivity contribution in [3.05, 3.63) is 26.0 Å². The molecule has 0 aromatic carbocycles. The zero-order chi connectivity index (χ0) is 8.57. The Labute approximate surface area is 60.6 Å². The van der Waals surface area contributed by atoms with Crippen molar-refractivity contribution in [3.63, 3.8) is 0 Å². The first-order valence-electron chi connectivity index (χ1n) is 2.68. The zero-order valence-electron chi connectivity index (χ0n) is 6.04. The van der Waals surface area contributed by atoms with Crippen molar-refractivity contribution in [1.29, 1.82) is 0 Å². The fourth-order valence-corrected chi connectivity index (χ4v) is 0.181. The van der Waals surface area contributed by atoms with Gasteiger partial charge in [-0.1, -0.05) is 6.58 Å². The minimum absolute atomic E-state index is 0.681. The minimum atomic E-state index is -1.06. The van der Waals surface area contributed by atoms with Gasteiger partial charge < -0.3 is 9.84 Å². The summed E-state index contributed by atoms with van der Waals surface area (Å²) in [5.74, 6) is -0.681. The first-order chi connectivity index (χ1) is 4.68. The molecular weight excluding hydrogens is 132 g/mol. The summed E-state index contributed by atoms with van der Waals surface area (Å²) < 4.78 is 4.18. The predicted molar refractivity (Wildman–Crippen MR) is 39.2 cm³/mol. The number of esters is 1. The molecule has 0 aromatic heterocycles. The van der Waals surface area contributed by atoms with Crippen LogP contribution in [-0.4, -0.2) is 17.2 Å². The molecule has 58 valence electrons. The van der Waals surface area contributed by atoms with Crippen LogP contribution in [0.15, 0.2) is 26.0 Å². The Morgan fingerprint density at radius 3 is 2.20 bits per heavy atom. The van der Waals surface area contributed by atoms with Crippen LogP contribution in [0.4, 0.5) is 0 Å². The van der Waals surface area contributed by atoms with E-state index in [0.717, 1.165) is 6.26 Å². The van der Waals surface area contributed by atoms with Gasteiger partial charge in [0.2, 0.25) is 0 Å². The van der Waals surface area contributed by atoms with Gasteiger partial charge in [-0.2, -0.15) is 0 Å². The van der Waals surface area contributed by atoms with Crippen LogP contribution in [0, 0.1) is 0 Å². The Hall–Kier alpha value is -1.09. The minimum Gasteiger partial charge on any atom is -0.433 e. The van der Waals surface area contributed by atoms with Crippen molar-refractivity contribution in [3.8, 4) is 0 Å². The molecular formula is C7H12O3. The van der Waals surface area contributed by atoms with Crippen LogP contribution in [0.25, 0.3) is 0 Å². The van der Waals surface area contributed by atoms with Crippen molar-refractivity contribution in [1.82, 2.24) is 0 Å². The molecule has 1 N–H and O–H groups in total. The SMILES string of the molecule is C=C.C=COC(=O)C(C)O. The summed E-state index contributed by atoms with van der Waals surface area (Å²) in [7, 11) is 0. The number of ether oxygens (including phenoxy) is 1. The molecule has 0 aliphatic carbocycles. The lowest BCUT2D eigenvalue weighted by molar-refractivity contribution is -0.146. The van der Waals surface area contributed by atoms with Crippen LogP contribution in [0.3, 0.4) is 0 Å². The first kappa shape index (κ1) is 11.7. The van der Waals surface area contributed by atoms with E-state index in [0.29, 0.717) is 0 Å². The summed E-state index contributed by atoms with van der Waals surface area (Å²) in [6, 6.07) is 0. The van der Waals surface area contributed by atoms with E-state index in [9.17, 15) is 4.79 Å². The van der Waals surface area contributed by atoms with Crippen LogP contribution in [0.1, 0.15) is 6.92 Å². The third-order valence-electron chi connectivity index (χ3n) is 0.541. The van der Waals surface area contributed by atoms with Crippen LogP contribution < -0.4 is 0 Å². The van der Waals surface area contributed by atoms with Crippen LogP contribution in [0.2, 0.25) is 0 Å². The van der Waals surface area contributed by atoms with Crippen molar-refractivity contribution in [2.45, 2.75) is 13.0 Å². The van der Waals surface area contributed by atoms with Crippen LogP contribution >= 0.6 is 0 Å². The van der Waals surface area contributed by atoms with Gasteiger partial charge in [-0.25, -0.2) is 4.79 Å². The predicted octanol–water partition coefficient (Wildman–Crippen LogP) is 0.856. The maximum atomic E-state index is 10.2. The molecule has 0 spiro atoms. The van der Waals surface area contributed by atoms with Crippen molar-refractivity contribution >= 4 is 5.97 Å². The Balaban J connectivity index is 0. The maximum Gasteiger partial charge on any atom is 0.339 e. The molecule has 1 atom stereocenters. The molecule has 3 nitrogen and oxygen atoms in total. The molecule has 10 heavy (non-hydrogen) atoms. The number of hydrogen-bond donors (Lipinski definition) is 1. The van der Waals surface area contributed by atoms with E-state index >= 15 is 0 Å². The molecule has 0 radical (unpaired) electrons. The number of carbonyl (C=O) groups excluding carboxylic acids is 1. The third-order valence-corrected chi connectivity index (χ3v) is 0.541. The van der Waals surface area contributed by atoms with E-state index in [1.165, 1.54) is 6.92 Å². The van der Waals surface area contributed by atoms with Gasteiger partial charge in [-0.05, 0) is 6.92 Å². The van der Waals surface area contributed by atoms with Crippen molar-refractivity contribution in [2.24, 2.45) is 0 Å². The summed E-state index contributed by atoms with van der Waals surface area (Å²) in [4.78, 5) is 10.2. The highest BCUT2D eigenvalue weighted by molar-refractivity contribution is 5.74. The lowest BCUT2D eigenvalue weighted by atomic mass is 10.4. The molecule has 0 saturated carbocycles. The Kier molecular flexibility index (Phi) is 9.24. The molecule has 3 heteroatoms. The molecule has 0 amide bonds. The smallest absolute Gasteiger partial charge is 0.339 e. The van der Waals surface area contributed by atoms with E-state index in [-0.39, 0.29) is 0 Å². The monoisotopic (exact) mass is 144 g/mol. The Morgan fingerprint density at radius 2 is 2.10 bits per heavy atom. The molecule has 0 aromatic rings. The number of carbonyl (C=O) groups is 1. The molecule has 0 fully saturated rings. The van der Waals surface area contributed by atoms with E-state index in [1.807, 2.05) is 0 Å². The molecule has 1 unspecified atom stereocenters. The molecule has 0 aliphatic heterocycles. The molecule has 0 saturated heterocycles. The average Bonchev–Trinajstić information content (AvgIpc) is 1.93. The second-order valence-electron chi connectivity index (χ2n) is 1.28. The van der Waals surface area contributed by atoms with Gasteiger partial charge >= 0.3 is 5.97 Å². The fourth-order valence-electron chi connectivity index (χ4n) is 0.181. The zero-order valence-corrected chi connectivity index (χ0v) is 6.04. The molecule has 0 rings (SSSR count). The van der Waals surface area contributed by atoms with Crippen LogP contribution in [0.5, 0.6) is 0 Å². The van der Waals surface area contributed by atoms with Gasteiger partial charge in [0.15, 0.2) is 0 Å². The molecule has 0 bridgehead atoms.